The molecule has 0 aliphatic carbocycles. The minimum absolute atomic E-state index is 0.0137. The van der Waals surface area contributed by atoms with E-state index in [-0.39, 0.29) is 5.91 Å². The minimum Gasteiger partial charge on any atom is -0.478 e. The van der Waals surface area contributed by atoms with E-state index in [2.05, 4.69) is 13.8 Å². The van der Waals surface area contributed by atoms with Gasteiger partial charge >= 0.3 is 0 Å². The molecule has 0 fully saturated rings. The van der Waals surface area contributed by atoms with Gasteiger partial charge in [-0.1, -0.05) is 38.1 Å². The fraction of sp³-hybridized carbons (Fsp3) is 0.316. The van der Waals surface area contributed by atoms with Crippen LogP contribution in [0, 0.1) is 5.92 Å². The van der Waals surface area contributed by atoms with E-state index in [9.17, 15) is 4.79 Å². The third-order valence-corrected chi connectivity index (χ3v) is 3.89. The predicted octanol–water partition coefficient (Wildman–Crippen LogP) is 3.26. The monoisotopic (exact) mass is 310 g/mol. The minimum atomic E-state index is -0.509. The molecule has 2 N–H and O–H groups in total. The van der Waals surface area contributed by atoms with Crippen molar-refractivity contribution >= 4 is 17.3 Å². The first-order valence-corrected chi connectivity index (χ1v) is 7.96. The molecule has 1 aliphatic heterocycles. The highest BCUT2D eigenvalue weighted by Crippen LogP contribution is 2.35. The Morgan fingerprint density at radius 3 is 2.70 bits per heavy atom. The van der Waals surface area contributed by atoms with E-state index in [1.54, 1.807) is 0 Å². The van der Waals surface area contributed by atoms with E-state index in [4.69, 9.17) is 10.5 Å². The van der Waals surface area contributed by atoms with Crippen LogP contribution in [0.3, 0.4) is 0 Å². The van der Waals surface area contributed by atoms with Gasteiger partial charge in [-0.15, -0.1) is 0 Å². The SMILES string of the molecule is CC(C)CN1C(=O)C(Cc2cccc(N)c2)Oc2ccccc21. The molecule has 3 rings (SSSR count). The fourth-order valence-electron chi connectivity index (χ4n) is 2.89. The van der Waals surface area contributed by atoms with Crippen molar-refractivity contribution in [3.63, 3.8) is 0 Å². The summed E-state index contributed by atoms with van der Waals surface area (Å²) < 4.78 is 5.97. The lowest BCUT2D eigenvalue weighted by Crippen LogP contribution is -2.48. The first-order valence-electron chi connectivity index (χ1n) is 7.96. The lowest BCUT2D eigenvalue weighted by molar-refractivity contribution is -0.126. The van der Waals surface area contributed by atoms with Crippen LogP contribution in [-0.4, -0.2) is 18.6 Å². The predicted molar refractivity (Wildman–Crippen MR) is 92.6 cm³/mol. The summed E-state index contributed by atoms with van der Waals surface area (Å²) in [7, 11) is 0. The van der Waals surface area contributed by atoms with Gasteiger partial charge in [0.25, 0.3) is 5.91 Å². The maximum Gasteiger partial charge on any atom is 0.268 e. The number of benzene rings is 2. The van der Waals surface area contributed by atoms with Crippen LogP contribution in [0.5, 0.6) is 5.75 Å². The Morgan fingerprint density at radius 1 is 1.17 bits per heavy atom. The largest absolute Gasteiger partial charge is 0.478 e. The maximum atomic E-state index is 12.9. The second-order valence-corrected chi connectivity index (χ2v) is 6.37. The molecule has 0 saturated heterocycles. The van der Waals surface area contributed by atoms with Gasteiger partial charge in [0.05, 0.1) is 5.69 Å². The van der Waals surface area contributed by atoms with Crippen molar-refractivity contribution in [1.29, 1.82) is 0 Å². The van der Waals surface area contributed by atoms with Crippen LogP contribution >= 0.6 is 0 Å². The highest BCUT2D eigenvalue weighted by atomic mass is 16.5. The highest BCUT2D eigenvalue weighted by molar-refractivity contribution is 6.00. The molecule has 120 valence electrons. The molecule has 4 nitrogen and oxygen atoms in total. The molecule has 23 heavy (non-hydrogen) atoms. The van der Waals surface area contributed by atoms with E-state index in [0.717, 1.165) is 17.0 Å². The van der Waals surface area contributed by atoms with Gasteiger partial charge in [0, 0.05) is 18.7 Å². The average molecular weight is 310 g/mol. The van der Waals surface area contributed by atoms with Crippen molar-refractivity contribution in [2.24, 2.45) is 5.92 Å². The first-order chi connectivity index (χ1) is 11.0. The molecular weight excluding hydrogens is 288 g/mol. The van der Waals surface area contributed by atoms with E-state index in [1.807, 2.05) is 53.4 Å². The Bertz CT molecular complexity index is 712. The number of amides is 1. The summed E-state index contributed by atoms with van der Waals surface area (Å²) in [6, 6.07) is 15.3. The smallest absolute Gasteiger partial charge is 0.268 e. The van der Waals surface area contributed by atoms with Gasteiger partial charge in [-0.2, -0.15) is 0 Å². The number of carbonyl (C=O) groups is 1. The van der Waals surface area contributed by atoms with Gasteiger partial charge < -0.3 is 15.4 Å². The summed E-state index contributed by atoms with van der Waals surface area (Å²) in [6.07, 6.45) is 0.0118. The number of hydrogen-bond acceptors (Lipinski definition) is 3. The zero-order valence-corrected chi connectivity index (χ0v) is 13.5. The van der Waals surface area contributed by atoms with Crippen molar-refractivity contribution in [2.75, 3.05) is 17.2 Å². The summed E-state index contributed by atoms with van der Waals surface area (Å²) in [5.41, 5.74) is 8.39. The number of ether oxygens (including phenoxy) is 1. The Labute approximate surface area is 136 Å². The molecule has 1 heterocycles. The molecular formula is C19H22N2O2. The molecule has 2 aromatic carbocycles. The first kappa shape index (κ1) is 15.4. The molecule has 0 radical (unpaired) electrons. The number of nitrogens with zero attached hydrogens (tertiary/aromatic N) is 1. The number of para-hydroxylation sites is 2. The average Bonchev–Trinajstić information content (AvgIpc) is 2.51. The van der Waals surface area contributed by atoms with Crippen LogP contribution < -0.4 is 15.4 Å². The van der Waals surface area contributed by atoms with Crippen molar-refractivity contribution < 1.29 is 9.53 Å². The number of nitrogen functional groups attached to an aromatic ring is 1. The normalized spacial score (nSPS) is 17.1. The molecule has 4 heteroatoms. The second kappa shape index (κ2) is 6.32. The van der Waals surface area contributed by atoms with E-state index in [1.165, 1.54) is 0 Å². The zero-order valence-electron chi connectivity index (χ0n) is 13.5. The topological polar surface area (TPSA) is 55.6 Å². The van der Waals surface area contributed by atoms with Crippen LogP contribution in [0.15, 0.2) is 48.5 Å². The van der Waals surface area contributed by atoms with Gasteiger partial charge in [-0.25, -0.2) is 0 Å². The Kier molecular flexibility index (Phi) is 4.24. The van der Waals surface area contributed by atoms with Crippen molar-refractivity contribution in [2.45, 2.75) is 26.4 Å². The van der Waals surface area contributed by atoms with E-state index < -0.39 is 6.10 Å². The standard InChI is InChI=1S/C19H22N2O2/c1-13(2)12-21-16-8-3-4-9-17(16)23-18(19(21)22)11-14-6-5-7-15(20)10-14/h3-10,13,18H,11-12,20H2,1-2H3. The van der Waals surface area contributed by atoms with Crippen LogP contribution in [0.25, 0.3) is 0 Å². The third kappa shape index (κ3) is 3.31. The summed E-state index contributed by atoms with van der Waals surface area (Å²) in [4.78, 5) is 14.7. The van der Waals surface area contributed by atoms with Gasteiger partial charge in [0.2, 0.25) is 0 Å². The number of anilines is 2. The van der Waals surface area contributed by atoms with Crippen LogP contribution in [0.2, 0.25) is 0 Å². The van der Waals surface area contributed by atoms with Gasteiger partial charge in [-0.05, 0) is 35.7 Å². The number of fused-ring (bicyclic) bond motifs is 1. The molecule has 1 unspecified atom stereocenters. The molecule has 0 bridgehead atoms. The number of rotatable bonds is 4. The summed E-state index contributed by atoms with van der Waals surface area (Å²) >= 11 is 0. The molecule has 1 aliphatic rings. The number of hydrogen-bond donors (Lipinski definition) is 1. The van der Waals surface area contributed by atoms with Crippen LogP contribution in [-0.2, 0) is 11.2 Å². The van der Waals surface area contributed by atoms with Gasteiger partial charge in [-0.3, -0.25) is 4.79 Å². The lowest BCUT2D eigenvalue weighted by atomic mass is 10.0. The summed E-state index contributed by atoms with van der Waals surface area (Å²) in [5.74, 6) is 1.17. The number of carbonyl (C=O) groups excluding carboxylic acids is 1. The van der Waals surface area contributed by atoms with Crippen LogP contribution in [0.1, 0.15) is 19.4 Å². The fourth-order valence-corrected chi connectivity index (χ4v) is 2.89. The molecule has 2 aromatic rings. The summed E-state index contributed by atoms with van der Waals surface area (Å²) in [6.45, 7) is 4.91. The quantitative estimate of drug-likeness (QED) is 0.882. The Hall–Kier alpha value is -2.49. The molecule has 0 aromatic heterocycles. The van der Waals surface area contributed by atoms with Gasteiger partial charge in [0.1, 0.15) is 5.75 Å². The highest BCUT2D eigenvalue weighted by Gasteiger charge is 2.34. The maximum absolute atomic E-state index is 12.9. The van der Waals surface area contributed by atoms with Crippen LogP contribution in [0.4, 0.5) is 11.4 Å². The zero-order chi connectivity index (χ0) is 16.4. The Balaban J connectivity index is 1.89. The second-order valence-electron chi connectivity index (χ2n) is 6.37. The van der Waals surface area contributed by atoms with Crippen molar-refractivity contribution in [3.05, 3.63) is 54.1 Å². The molecule has 1 amide bonds. The third-order valence-electron chi connectivity index (χ3n) is 3.89. The van der Waals surface area contributed by atoms with E-state index in [0.29, 0.717) is 24.6 Å². The lowest BCUT2D eigenvalue weighted by Gasteiger charge is -2.35. The molecule has 0 saturated carbocycles. The molecule has 1 atom stereocenters. The van der Waals surface area contributed by atoms with E-state index >= 15 is 0 Å². The molecule has 0 spiro atoms. The van der Waals surface area contributed by atoms with Crippen molar-refractivity contribution in [1.82, 2.24) is 0 Å². The summed E-state index contributed by atoms with van der Waals surface area (Å²) in [5, 5.41) is 0. The Morgan fingerprint density at radius 2 is 1.96 bits per heavy atom. The van der Waals surface area contributed by atoms with Gasteiger partial charge in [0.15, 0.2) is 6.10 Å². The van der Waals surface area contributed by atoms with Crippen molar-refractivity contribution in [3.8, 4) is 5.75 Å². The number of nitrogens with two attached hydrogens (primary N) is 1.